The van der Waals surface area contributed by atoms with Crippen LogP contribution in [0.25, 0.3) is 0 Å². The molecule has 1 saturated heterocycles. The minimum atomic E-state index is 0.632. The molecule has 102 valence electrons. The molecule has 1 aliphatic heterocycles. The Morgan fingerprint density at radius 2 is 2.18 bits per heavy atom. The van der Waals surface area contributed by atoms with Crippen molar-refractivity contribution in [3.63, 3.8) is 0 Å². The first kappa shape index (κ1) is 14.9. The average Bonchev–Trinajstić information content (AvgIpc) is 2.36. The van der Waals surface area contributed by atoms with Crippen molar-refractivity contribution in [2.45, 2.75) is 32.2 Å². The van der Waals surface area contributed by atoms with E-state index in [1.807, 2.05) is 0 Å². The second-order valence-electron chi connectivity index (χ2n) is 4.54. The first-order valence-corrected chi connectivity index (χ1v) is 6.76. The van der Waals surface area contributed by atoms with E-state index >= 15 is 0 Å². The third-order valence-electron chi connectivity index (χ3n) is 3.24. The molecule has 1 aliphatic rings. The second kappa shape index (κ2) is 9.83. The zero-order chi connectivity index (χ0) is 12.3. The van der Waals surface area contributed by atoms with Crippen LogP contribution in [-0.4, -0.2) is 52.7 Å². The van der Waals surface area contributed by atoms with E-state index in [1.165, 1.54) is 6.42 Å². The molecule has 0 radical (unpaired) electrons. The van der Waals surface area contributed by atoms with Crippen LogP contribution in [0, 0.1) is 5.92 Å². The molecule has 0 amide bonds. The molecule has 0 aliphatic carbocycles. The van der Waals surface area contributed by atoms with Gasteiger partial charge >= 0.3 is 0 Å². The van der Waals surface area contributed by atoms with Crippen molar-refractivity contribution in [3.05, 3.63) is 0 Å². The summed E-state index contributed by atoms with van der Waals surface area (Å²) in [6, 6.07) is 0.632. The van der Waals surface area contributed by atoms with Gasteiger partial charge in [-0.2, -0.15) is 0 Å². The van der Waals surface area contributed by atoms with E-state index in [4.69, 9.17) is 14.2 Å². The van der Waals surface area contributed by atoms with Crippen LogP contribution < -0.4 is 5.32 Å². The van der Waals surface area contributed by atoms with Crippen LogP contribution in [-0.2, 0) is 14.2 Å². The van der Waals surface area contributed by atoms with Gasteiger partial charge in [-0.05, 0) is 31.7 Å². The van der Waals surface area contributed by atoms with Gasteiger partial charge in [0.05, 0.1) is 19.8 Å². The molecule has 4 nitrogen and oxygen atoms in total. The van der Waals surface area contributed by atoms with Crippen molar-refractivity contribution in [3.8, 4) is 0 Å². The molecule has 4 heteroatoms. The highest BCUT2D eigenvalue weighted by Crippen LogP contribution is 2.19. The maximum atomic E-state index is 5.55. The molecule has 0 spiro atoms. The van der Waals surface area contributed by atoms with Gasteiger partial charge in [0.1, 0.15) is 0 Å². The van der Waals surface area contributed by atoms with Gasteiger partial charge in [-0.15, -0.1) is 0 Å². The first-order valence-electron chi connectivity index (χ1n) is 6.76. The molecule has 0 saturated carbocycles. The Kier molecular flexibility index (Phi) is 8.61. The monoisotopic (exact) mass is 245 g/mol. The van der Waals surface area contributed by atoms with Crippen LogP contribution in [0.5, 0.6) is 0 Å². The van der Waals surface area contributed by atoms with Crippen molar-refractivity contribution in [1.82, 2.24) is 5.32 Å². The molecule has 1 rings (SSSR count). The Hall–Kier alpha value is -0.160. The van der Waals surface area contributed by atoms with Gasteiger partial charge in [0, 0.05) is 26.4 Å². The fourth-order valence-corrected chi connectivity index (χ4v) is 2.30. The number of hydrogen-bond donors (Lipinski definition) is 1. The summed E-state index contributed by atoms with van der Waals surface area (Å²) in [5.41, 5.74) is 0. The Morgan fingerprint density at radius 3 is 2.94 bits per heavy atom. The molecular formula is C13H27NO3. The maximum Gasteiger partial charge on any atom is 0.0700 e. The molecule has 17 heavy (non-hydrogen) atoms. The normalized spacial score (nSPS) is 25.1. The van der Waals surface area contributed by atoms with Gasteiger partial charge in [-0.1, -0.05) is 6.92 Å². The lowest BCUT2D eigenvalue weighted by Crippen LogP contribution is -2.42. The molecule has 0 aromatic rings. The summed E-state index contributed by atoms with van der Waals surface area (Å²) >= 11 is 0. The minimum Gasteiger partial charge on any atom is -0.382 e. The van der Waals surface area contributed by atoms with Crippen molar-refractivity contribution in [2.75, 3.05) is 46.7 Å². The third-order valence-corrected chi connectivity index (χ3v) is 3.24. The van der Waals surface area contributed by atoms with E-state index in [-0.39, 0.29) is 0 Å². The van der Waals surface area contributed by atoms with E-state index in [0.29, 0.717) is 25.2 Å². The van der Waals surface area contributed by atoms with Crippen molar-refractivity contribution < 1.29 is 14.2 Å². The number of hydrogen-bond acceptors (Lipinski definition) is 4. The van der Waals surface area contributed by atoms with Gasteiger partial charge < -0.3 is 19.5 Å². The Morgan fingerprint density at radius 1 is 1.29 bits per heavy atom. The summed E-state index contributed by atoms with van der Waals surface area (Å²) in [5.74, 6) is 0.648. The minimum absolute atomic E-state index is 0.632. The fourth-order valence-electron chi connectivity index (χ4n) is 2.30. The van der Waals surface area contributed by atoms with E-state index < -0.39 is 0 Å². The number of ether oxygens (including phenoxy) is 3. The molecule has 2 unspecified atom stereocenters. The van der Waals surface area contributed by atoms with E-state index in [0.717, 1.165) is 39.2 Å². The van der Waals surface area contributed by atoms with Gasteiger partial charge in [0.25, 0.3) is 0 Å². The summed E-state index contributed by atoms with van der Waals surface area (Å²) in [7, 11) is 1.70. The van der Waals surface area contributed by atoms with Gasteiger partial charge in [-0.3, -0.25) is 0 Å². The highest BCUT2D eigenvalue weighted by Gasteiger charge is 2.24. The van der Waals surface area contributed by atoms with Gasteiger partial charge in [0.15, 0.2) is 0 Å². The summed E-state index contributed by atoms with van der Waals surface area (Å²) in [6.45, 7) is 7.24. The third kappa shape index (κ3) is 6.36. The van der Waals surface area contributed by atoms with Crippen LogP contribution in [0.15, 0.2) is 0 Å². The summed E-state index contributed by atoms with van der Waals surface area (Å²) in [6.07, 6.45) is 3.44. The molecule has 0 aromatic carbocycles. The molecule has 2 atom stereocenters. The predicted octanol–water partition coefficient (Wildman–Crippen LogP) is 1.44. The van der Waals surface area contributed by atoms with Crippen molar-refractivity contribution in [2.24, 2.45) is 5.92 Å². The summed E-state index contributed by atoms with van der Waals surface area (Å²) in [4.78, 5) is 0. The van der Waals surface area contributed by atoms with E-state index in [9.17, 15) is 0 Å². The number of rotatable bonds is 9. The molecular weight excluding hydrogens is 218 g/mol. The van der Waals surface area contributed by atoms with Crippen LogP contribution in [0.4, 0.5) is 0 Å². The van der Waals surface area contributed by atoms with Gasteiger partial charge in [0.2, 0.25) is 0 Å². The predicted molar refractivity (Wildman–Crippen MR) is 68.3 cm³/mol. The van der Waals surface area contributed by atoms with Crippen molar-refractivity contribution >= 4 is 0 Å². The van der Waals surface area contributed by atoms with Gasteiger partial charge in [-0.25, -0.2) is 0 Å². The lowest BCUT2D eigenvalue weighted by molar-refractivity contribution is 0.0214. The lowest BCUT2D eigenvalue weighted by atomic mass is 9.91. The topological polar surface area (TPSA) is 39.7 Å². The largest absolute Gasteiger partial charge is 0.382 e. The average molecular weight is 245 g/mol. The molecule has 0 aromatic heterocycles. The molecule has 1 heterocycles. The molecule has 0 bridgehead atoms. The number of nitrogens with one attached hydrogen (secondary N) is 1. The Labute approximate surface area is 105 Å². The Bertz CT molecular complexity index is 176. The lowest BCUT2D eigenvalue weighted by Gasteiger charge is -2.32. The van der Waals surface area contributed by atoms with E-state index in [1.54, 1.807) is 7.11 Å². The molecule has 1 N–H and O–H groups in total. The fraction of sp³-hybridized carbons (Fsp3) is 1.00. The Balaban J connectivity index is 2.06. The number of methoxy groups -OCH3 is 1. The van der Waals surface area contributed by atoms with Crippen LogP contribution >= 0.6 is 0 Å². The van der Waals surface area contributed by atoms with E-state index in [2.05, 4.69) is 12.2 Å². The van der Waals surface area contributed by atoms with Crippen LogP contribution in [0.2, 0.25) is 0 Å². The smallest absolute Gasteiger partial charge is 0.0700 e. The first-order chi connectivity index (χ1) is 8.38. The standard InChI is InChI=1S/C13H27NO3/c1-3-14-13-6-8-17-11-12(13)5-4-7-16-10-9-15-2/h12-14H,3-11H2,1-2H3. The van der Waals surface area contributed by atoms with Crippen LogP contribution in [0.3, 0.4) is 0 Å². The zero-order valence-corrected chi connectivity index (χ0v) is 11.2. The SMILES string of the molecule is CCNC1CCOCC1CCCOCCOC. The zero-order valence-electron chi connectivity index (χ0n) is 11.2. The van der Waals surface area contributed by atoms with Crippen LogP contribution in [0.1, 0.15) is 26.2 Å². The van der Waals surface area contributed by atoms with Crippen molar-refractivity contribution in [1.29, 1.82) is 0 Å². The quantitative estimate of drug-likeness (QED) is 0.624. The highest BCUT2D eigenvalue weighted by atomic mass is 16.5. The molecule has 1 fully saturated rings. The summed E-state index contributed by atoms with van der Waals surface area (Å²) < 4.78 is 16.0. The highest BCUT2D eigenvalue weighted by molar-refractivity contribution is 4.79. The second-order valence-corrected chi connectivity index (χ2v) is 4.54. The maximum absolute atomic E-state index is 5.55. The summed E-state index contributed by atoms with van der Waals surface area (Å²) in [5, 5.41) is 3.55.